The predicted molar refractivity (Wildman–Crippen MR) is 77.1 cm³/mol. The SMILES string of the molecule is Br/C=C1\OC(c2ccccc2)=Nc2ccccc21. The van der Waals surface area contributed by atoms with Crippen LogP contribution in [-0.4, -0.2) is 5.90 Å². The van der Waals surface area contributed by atoms with Crippen LogP contribution in [0.2, 0.25) is 0 Å². The van der Waals surface area contributed by atoms with Crippen LogP contribution in [0.1, 0.15) is 11.1 Å². The molecule has 18 heavy (non-hydrogen) atoms. The Morgan fingerprint density at radius 3 is 2.44 bits per heavy atom. The number of rotatable bonds is 1. The monoisotopic (exact) mass is 299 g/mol. The van der Waals surface area contributed by atoms with Crippen molar-refractivity contribution in [3.8, 4) is 0 Å². The summed E-state index contributed by atoms with van der Waals surface area (Å²) in [6.07, 6.45) is 0. The first-order valence-corrected chi connectivity index (χ1v) is 6.52. The van der Waals surface area contributed by atoms with Gasteiger partial charge in [0.2, 0.25) is 5.90 Å². The number of fused-ring (bicyclic) bond motifs is 1. The molecule has 88 valence electrons. The Bertz CT molecular complexity index is 632. The van der Waals surface area contributed by atoms with Crippen LogP contribution in [0.4, 0.5) is 5.69 Å². The summed E-state index contributed by atoms with van der Waals surface area (Å²) in [5.41, 5.74) is 2.89. The van der Waals surface area contributed by atoms with Gasteiger partial charge in [-0.1, -0.05) is 46.3 Å². The summed E-state index contributed by atoms with van der Waals surface area (Å²) in [6, 6.07) is 17.8. The van der Waals surface area contributed by atoms with E-state index in [9.17, 15) is 0 Å². The summed E-state index contributed by atoms with van der Waals surface area (Å²) in [4.78, 5) is 6.33. The molecule has 0 atom stereocenters. The first-order chi connectivity index (χ1) is 8.88. The van der Waals surface area contributed by atoms with E-state index < -0.39 is 0 Å². The molecule has 0 saturated heterocycles. The molecule has 0 aromatic heterocycles. The van der Waals surface area contributed by atoms with Crippen LogP contribution in [-0.2, 0) is 4.74 Å². The standard InChI is InChI=1S/C15H10BrNO/c16-10-14-12-8-4-5-9-13(12)17-15(18-14)11-6-2-1-3-7-11/h1-10H/b14-10-. The smallest absolute Gasteiger partial charge is 0.227 e. The Morgan fingerprint density at radius 1 is 0.944 bits per heavy atom. The zero-order chi connectivity index (χ0) is 12.4. The fourth-order valence-corrected chi connectivity index (χ4v) is 2.20. The van der Waals surface area contributed by atoms with Crippen LogP contribution in [0, 0.1) is 0 Å². The van der Waals surface area contributed by atoms with Gasteiger partial charge >= 0.3 is 0 Å². The molecule has 0 saturated carbocycles. The Kier molecular flexibility index (Phi) is 2.99. The molecule has 2 nitrogen and oxygen atoms in total. The van der Waals surface area contributed by atoms with E-state index in [0.29, 0.717) is 5.90 Å². The quantitative estimate of drug-likeness (QED) is 0.760. The van der Waals surface area contributed by atoms with Crippen LogP contribution < -0.4 is 0 Å². The van der Waals surface area contributed by atoms with Crippen LogP contribution in [0.5, 0.6) is 0 Å². The number of para-hydroxylation sites is 1. The van der Waals surface area contributed by atoms with Gasteiger partial charge in [0.1, 0.15) is 5.76 Å². The molecule has 0 radical (unpaired) electrons. The van der Waals surface area contributed by atoms with E-state index in [2.05, 4.69) is 20.9 Å². The maximum absolute atomic E-state index is 5.81. The highest BCUT2D eigenvalue weighted by atomic mass is 79.9. The molecule has 0 unspecified atom stereocenters. The Morgan fingerprint density at radius 2 is 1.67 bits per heavy atom. The molecular weight excluding hydrogens is 290 g/mol. The Labute approximate surface area is 114 Å². The van der Waals surface area contributed by atoms with Gasteiger partial charge in [0.05, 0.1) is 5.69 Å². The number of halogens is 1. The average Bonchev–Trinajstić information content (AvgIpc) is 2.47. The molecule has 0 aliphatic carbocycles. The predicted octanol–water partition coefficient (Wildman–Crippen LogP) is 4.49. The van der Waals surface area contributed by atoms with Crippen molar-refractivity contribution in [2.24, 2.45) is 4.99 Å². The third-order valence-corrected chi connectivity index (χ3v) is 3.13. The van der Waals surface area contributed by atoms with E-state index in [-0.39, 0.29) is 0 Å². The Hall–Kier alpha value is -1.87. The van der Waals surface area contributed by atoms with E-state index in [1.807, 2.05) is 54.6 Å². The van der Waals surface area contributed by atoms with Crippen LogP contribution >= 0.6 is 15.9 Å². The van der Waals surface area contributed by atoms with E-state index in [4.69, 9.17) is 4.74 Å². The lowest BCUT2D eigenvalue weighted by atomic mass is 10.1. The minimum absolute atomic E-state index is 0.625. The third-order valence-electron chi connectivity index (χ3n) is 2.72. The van der Waals surface area contributed by atoms with Crippen molar-refractivity contribution < 1.29 is 4.74 Å². The molecule has 2 aromatic rings. The second kappa shape index (κ2) is 4.78. The molecule has 1 aliphatic heterocycles. The summed E-state index contributed by atoms with van der Waals surface area (Å²) >= 11 is 3.34. The summed E-state index contributed by atoms with van der Waals surface area (Å²) in [5, 5.41) is 0. The van der Waals surface area contributed by atoms with E-state index in [0.717, 1.165) is 22.6 Å². The fraction of sp³-hybridized carbons (Fsp3) is 0. The van der Waals surface area contributed by atoms with E-state index in [1.165, 1.54) is 0 Å². The van der Waals surface area contributed by atoms with Crippen molar-refractivity contribution in [3.63, 3.8) is 0 Å². The highest BCUT2D eigenvalue weighted by Crippen LogP contribution is 2.33. The third kappa shape index (κ3) is 1.97. The first kappa shape index (κ1) is 11.2. The molecule has 1 heterocycles. The zero-order valence-electron chi connectivity index (χ0n) is 9.51. The summed E-state index contributed by atoms with van der Waals surface area (Å²) in [7, 11) is 0. The van der Waals surface area contributed by atoms with Gasteiger partial charge in [0.15, 0.2) is 0 Å². The van der Waals surface area contributed by atoms with Crippen LogP contribution in [0.25, 0.3) is 5.76 Å². The number of aliphatic imine (C=N–C) groups is 1. The number of benzene rings is 2. The molecule has 0 amide bonds. The van der Waals surface area contributed by atoms with Crippen molar-refractivity contribution in [2.75, 3.05) is 0 Å². The van der Waals surface area contributed by atoms with Gasteiger partial charge in [-0.05, 0) is 24.3 Å². The lowest BCUT2D eigenvalue weighted by molar-refractivity contribution is 0.505. The van der Waals surface area contributed by atoms with Gasteiger partial charge in [-0.25, -0.2) is 4.99 Å². The maximum Gasteiger partial charge on any atom is 0.227 e. The topological polar surface area (TPSA) is 21.6 Å². The maximum atomic E-state index is 5.81. The summed E-state index contributed by atoms with van der Waals surface area (Å²) in [5.74, 6) is 1.40. The van der Waals surface area contributed by atoms with E-state index in [1.54, 1.807) is 4.99 Å². The van der Waals surface area contributed by atoms with Gasteiger partial charge in [-0.3, -0.25) is 0 Å². The fourth-order valence-electron chi connectivity index (χ4n) is 1.86. The molecule has 3 heteroatoms. The van der Waals surface area contributed by atoms with E-state index >= 15 is 0 Å². The summed E-state index contributed by atoms with van der Waals surface area (Å²) in [6.45, 7) is 0. The molecule has 0 fully saturated rings. The molecule has 0 spiro atoms. The van der Waals surface area contributed by atoms with Crippen molar-refractivity contribution in [3.05, 3.63) is 70.7 Å². The molecule has 0 bridgehead atoms. The van der Waals surface area contributed by atoms with Crippen molar-refractivity contribution in [1.29, 1.82) is 0 Å². The minimum atomic E-state index is 0.625. The van der Waals surface area contributed by atoms with Gasteiger partial charge in [-0.2, -0.15) is 0 Å². The van der Waals surface area contributed by atoms with Gasteiger partial charge in [0.25, 0.3) is 0 Å². The lowest BCUT2D eigenvalue weighted by Crippen LogP contribution is -2.10. The van der Waals surface area contributed by atoms with Gasteiger partial charge in [-0.15, -0.1) is 0 Å². The lowest BCUT2D eigenvalue weighted by Gasteiger charge is -2.18. The molecular formula is C15H10BrNO. The van der Waals surface area contributed by atoms with Crippen molar-refractivity contribution >= 4 is 33.3 Å². The highest BCUT2D eigenvalue weighted by molar-refractivity contribution is 9.11. The number of hydrogen-bond acceptors (Lipinski definition) is 2. The molecule has 2 aromatic carbocycles. The van der Waals surface area contributed by atoms with Gasteiger partial charge in [0, 0.05) is 16.1 Å². The number of ether oxygens (including phenoxy) is 1. The first-order valence-electron chi connectivity index (χ1n) is 5.60. The molecule has 0 N–H and O–H groups in total. The molecule has 3 rings (SSSR count). The zero-order valence-corrected chi connectivity index (χ0v) is 11.1. The van der Waals surface area contributed by atoms with Crippen LogP contribution in [0.3, 0.4) is 0 Å². The summed E-state index contributed by atoms with van der Waals surface area (Å²) < 4.78 is 5.81. The van der Waals surface area contributed by atoms with Gasteiger partial charge < -0.3 is 4.74 Å². The average molecular weight is 300 g/mol. The van der Waals surface area contributed by atoms with Crippen LogP contribution in [0.15, 0.2) is 64.6 Å². The largest absolute Gasteiger partial charge is 0.437 e. The minimum Gasteiger partial charge on any atom is -0.437 e. The number of hydrogen-bond donors (Lipinski definition) is 0. The second-order valence-electron chi connectivity index (χ2n) is 3.88. The second-order valence-corrected chi connectivity index (χ2v) is 4.33. The molecule has 1 aliphatic rings. The van der Waals surface area contributed by atoms with Crippen molar-refractivity contribution in [1.82, 2.24) is 0 Å². The Balaban J connectivity index is 2.13. The number of nitrogens with zero attached hydrogens (tertiary/aromatic N) is 1. The normalized spacial score (nSPS) is 15.8. The highest BCUT2D eigenvalue weighted by Gasteiger charge is 2.18. The van der Waals surface area contributed by atoms with Crippen molar-refractivity contribution in [2.45, 2.75) is 0 Å².